The van der Waals surface area contributed by atoms with Crippen LogP contribution in [0, 0.1) is 19.3 Å². The van der Waals surface area contributed by atoms with Gasteiger partial charge in [-0.25, -0.2) is 4.79 Å². The number of hydrogen-bond acceptors (Lipinski definition) is 4. The zero-order valence-electron chi connectivity index (χ0n) is 19.7. The number of carbonyl (C=O) groups is 2. The summed E-state index contributed by atoms with van der Waals surface area (Å²) in [4.78, 5) is 25.4. The SMILES string of the molecule is Cc1cc(C)c(C(C)(C)CC(=O)C(C)(C)C)c(OC(=O)[C@@H](C)NC(C)(C)C)c1. The van der Waals surface area contributed by atoms with Crippen molar-refractivity contribution in [2.75, 3.05) is 0 Å². The van der Waals surface area contributed by atoms with Gasteiger partial charge in [0.1, 0.15) is 17.6 Å². The topological polar surface area (TPSA) is 55.4 Å². The first kappa shape index (κ1) is 24.4. The molecular formula is C24H39NO3. The summed E-state index contributed by atoms with van der Waals surface area (Å²) in [7, 11) is 0. The monoisotopic (exact) mass is 389 g/mol. The van der Waals surface area contributed by atoms with E-state index in [-0.39, 0.29) is 17.3 Å². The average Bonchev–Trinajstić information content (AvgIpc) is 2.42. The van der Waals surface area contributed by atoms with E-state index in [1.807, 2.05) is 82.2 Å². The highest BCUT2D eigenvalue weighted by atomic mass is 16.5. The molecule has 1 atom stereocenters. The summed E-state index contributed by atoms with van der Waals surface area (Å²) in [5, 5.41) is 3.25. The zero-order valence-corrected chi connectivity index (χ0v) is 19.7. The van der Waals surface area contributed by atoms with Crippen LogP contribution in [0.5, 0.6) is 5.75 Å². The molecule has 0 aliphatic heterocycles. The van der Waals surface area contributed by atoms with Crippen LogP contribution in [-0.4, -0.2) is 23.3 Å². The molecule has 0 aliphatic rings. The smallest absolute Gasteiger partial charge is 0.328 e. The van der Waals surface area contributed by atoms with Crippen molar-refractivity contribution in [3.63, 3.8) is 0 Å². The van der Waals surface area contributed by atoms with Crippen LogP contribution >= 0.6 is 0 Å². The molecule has 0 spiro atoms. The van der Waals surface area contributed by atoms with Crippen LogP contribution in [0.4, 0.5) is 0 Å². The molecule has 0 saturated carbocycles. The number of ketones is 1. The molecule has 0 amide bonds. The van der Waals surface area contributed by atoms with Crippen LogP contribution in [0.25, 0.3) is 0 Å². The van der Waals surface area contributed by atoms with Crippen molar-refractivity contribution in [3.8, 4) is 5.75 Å². The molecular weight excluding hydrogens is 350 g/mol. The van der Waals surface area contributed by atoms with Crippen LogP contribution in [-0.2, 0) is 15.0 Å². The van der Waals surface area contributed by atoms with Crippen LogP contribution in [0.3, 0.4) is 0 Å². The average molecular weight is 390 g/mol. The minimum atomic E-state index is -0.446. The van der Waals surface area contributed by atoms with Gasteiger partial charge in [0.2, 0.25) is 0 Å². The number of ether oxygens (including phenoxy) is 1. The summed E-state index contributed by atoms with van der Waals surface area (Å²) < 4.78 is 5.86. The van der Waals surface area contributed by atoms with Crippen molar-refractivity contribution < 1.29 is 14.3 Å². The first-order valence-corrected chi connectivity index (χ1v) is 10.1. The molecule has 0 aliphatic carbocycles. The van der Waals surface area contributed by atoms with E-state index in [4.69, 9.17) is 4.74 Å². The maximum Gasteiger partial charge on any atom is 0.328 e. The fraction of sp³-hybridized carbons (Fsp3) is 0.667. The van der Waals surface area contributed by atoms with E-state index in [2.05, 4.69) is 11.4 Å². The third-order valence-electron chi connectivity index (χ3n) is 4.77. The molecule has 28 heavy (non-hydrogen) atoms. The van der Waals surface area contributed by atoms with Gasteiger partial charge in [0, 0.05) is 28.4 Å². The van der Waals surface area contributed by atoms with Gasteiger partial charge in [-0.2, -0.15) is 0 Å². The fourth-order valence-corrected chi connectivity index (χ4v) is 3.54. The lowest BCUT2D eigenvalue weighted by molar-refractivity contribution is -0.136. The molecule has 1 aromatic rings. The van der Waals surface area contributed by atoms with Gasteiger partial charge in [0.15, 0.2) is 0 Å². The molecule has 0 bridgehead atoms. The molecule has 158 valence electrons. The number of Topliss-reactive ketones (excluding diaryl/α,β-unsaturated/α-hetero) is 1. The predicted molar refractivity (Wildman–Crippen MR) is 116 cm³/mol. The number of benzene rings is 1. The molecule has 0 saturated heterocycles. The second kappa shape index (κ2) is 8.36. The van der Waals surface area contributed by atoms with Crippen LogP contribution in [0.15, 0.2) is 12.1 Å². The fourth-order valence-electron chi connectivity index (χ4n) is 3.54. The number of carbonyl (C=O) groups excluding carboxylic acids is 2. The lowest BCUT2D eigenvalue weighted by Gasteiger charge is -2.32. The first-order valence-electron chi connectivity index (χ1n) is 10.1. The van der Waals surface area contributed by atoms with E-state index in [1.165, 1.54) is 0 Å². The first-order chi connectivity index (χ1) is 12.4. The van der Waals surface area contributed by atoms with E-state index < -0.39 is 16.9 Å². The maximum atomic E-state index is 12.7. The van der Waals surface area contributed by atoms with Crippen molar-refractivity contribution >= 4 is 11.8 Å². The lowest BCUT2D eigenvalue weighted by Crippen LogP contribution is -2.47. The summed E-state index contributed by atoms with van der Waals surface area (Å²) in [6, 6.07) is 3.54. The van der Waals surface area contributed by atoms with Crippen molar-refractivity contribution in [1.82, 2.24) is 5.32 Å². The third kappa shape index (κ3) is 6.73. The number of esters is 1. The molecule has 4 nitrogen and oxygen atoms in total. The van der Waals surface area contributed by atoms with Gasteiger partial charge < -0.3 is 4.74 Å². The van der Waals surface area contributed by atoms with Gasteiger partial charge in [-0.05, 0) is 58.7 Å². The third-order valence-corrected chi connectivity index (χ3v) is 4.77. The number of rotatable bonds is 6. The number of aryl methyl sites for hydroxylation is 2. The Bertz CT molecular complexity index is 733. The second-order valence-electron chi connectivity index (χ2n) is 10.7. The van der Waals surface area contributed by atoms with Gasteiger partial charge in [-0.15, -0.1) is 0 Å². The molecule has 0 fully saturated rings. The van der Waals surface area contributed by atoms with E-state index in [9.17, 15) is 9.59 Å². The van der Waals surface area contributed by atoms with Gasteiger partial charge in [0.05, 0.1) is 0 Å². The van der Waals surface area contributed by atoms with Gasteiger partial charge in [-0.1, -0.05) is 40.7 Å². The second-order valence-corrected chi connectivity index (χ2v) is 10.7. The predicted octanol–water partition coefficient (Wildman–Crippen LogP) is 5.27. The Morgan fingerprint density at radius 2 is 1.54 bits per heavy atom. The molecule has 1 aromatic carbocycles. The number of nitrogens with one attached hydrogen (secondary N) is 1. The zero-order chi connectivity index (χ0) is 22.1. The molecule has 0 radical (unpaired) electrons. The standard InChI is InChI=1S/C24H39NO3/c1-15-12-16(2)20(24(10,11)14-19(26)22(4,5)6)18(13-15)28-21(27)17(3)25-23(7,8)9/h12-13,17,25H,14H2,1-11H3/t17-/m1/s1. The molecule has 0 aromatic heterocycles. The molecule has 1 N–H and O–H groups in total. The Kier molecular flexibility index (Phi) is 7.27. The lowest BCUT2D eigenvalue weighted by atomic mass is 9.73. The molecule has 4 heteroatoms. The highest BCUT2D eigenvalue weighted by Gasteiger charge is 2.34. The Labute approximate surface area is 171 Å². The molecule has 0 heterocycles. The summed E-state index contributed by atoms with van der Waals surface area (Å²) in [6.07, 6.45) is 0.390. The Morgan fingerprint density at radius 3 is 2.00 bits per heavy atom. The highest BCUT2D eigenvalue weighted by Crippen LogP contribution is 2.39. The summed E-state index contributed by atoms with van der Waals surface area (Å²) >= 11 is 0. The minimum Gasteiger partial charge on any atom is -0.425 e. The van der Waals surface area contributed by atoms with Gasteiger partial charge in [0.25, 0.3) is 0 Å². The largest absolute Gasteiger partial charge is 0.425 e. The Balaban J connectivity index is 3.28. The number of hydrogen-bond donors (Lipinski definition) is 1. The molecule has 0 unspecified atom stereocenters. The summed E-state index contributed by atoms with van der Waals surface area (Å²) in [5.41, 5.74) is 1.94. The maximum absolute atomic E-state index is 12.7. The van der Waals surface area contributed by atoms with Crippen LogP contribution < -0.4 is 10.1 Å². The van der Waals surface area contributed by atoms with Crippen molar-refractivity contribution in [2.45, 2.75) is 99.6 Å². The van der Waals surface area contributed by atoms with E-state index >= 15 is 0 Å². The normalized spacial score (nSPS) is 14.0. The van der Waals surface area contributed by atoms with Crippen molar-refractivity contribution in [3.05, 3.63) is 28.8 Å². The van der Waals surface area contributed by atoms with E-state index in [0.717, 1.165) is 16.7 Å². The van der Waals surface area contributed by atoms with Crippen LogP contribution in [0.1, 0.15) is 85.4 Å². The van der Waals surface area contributed by atoms with Crippen LogP contribution in [0.2, 0.25) is 0 Å². The van der Waals surface area contributed by atoms with Crippen molar-refractivity contribution in [1.29, 1.82) is 0 Å². The molecule has 1 rings (SSSR count). The quantitative estimate of drug-likeness (QED) is 0.532. The van der Waals surface area contributed by atoms with Gasteiger partial charge >= 0.3 is 5.97 Å². The Morgan fingerprint density at radius 1 is 1.00 bits per heavy atom. The van der Waals surface area contributed by atoms with E-state index in [0.29, 0.717) is 12.2 Å². The Hall–Kier alpha value is -1.68. The summed E-state index contributed by atoms with van der Waals surface area (Å²) in [6.45, 7) is 21.8. The van der Waals surface area contributed by atoms with E-state index in [1.54, 1.807) is 0 Å². The van der Waals surface area contributed by atoms with Crippen molar-refractivity contribution in [2.24, 2.45) is 5.41 Å². The highest BCUT2D eigenvalue weighted by molar-refractivity contribution is 5.85. The van der Waals surface area contributed by atoms with Gasteiger partial charge in [-0.3, -0.25) is 10.1 Å². The minimum absolute atomic E-state index is 0.192. The summed E-state index contributed by atoms with van der Waals surface area (Å²) in [5.74, 6) is 0.424.